The first-order valence-corrected chi connectivity index (χ1v) is 6.70. The Morgan fingerprint density at radius 3 is 2.89 bits per heavy atom. The molecule has 0 aromatic carbocycles. The number of carboxylic acid groups (broad SMARTS) is 1. The van der Waals surface area contributed by atoms with E-state index in [1.54, 1.807) is 18.3 Å². The first kappa shape index (κ1) is 14.8. The van der Waals surface area contributed by atoms with Crippen LogP contribution < -0.4 is 5.32 Å². The third-order valence-corrected chi connectivity index (χ3v) is 3.29. The highest BCUT2D eigenvalue weighted by atomic mass is 35.5. The fraction of sp³-hybridized carbons (Fsp3) is 0.364. The van der Waals surface area contributed by atoms with Crippen LogP contribution in [0.15, 0.2) is 18.3 Å². The molecule has 0 spiro atoms. The van der Waals surface area contributed by atoms with Gasteiger partial charge in [0.25, 0.3) is 0 Å². The van der Waals surface area contributed by atoms with Gasteiger partial charge in [0.05, 0.1) is 5.69 Å². The number of aliphatic carboxylic acids is 1. The van der Waals surface area contributed by atoms with Crippen LogP contribution in [0.2, 0.25) is 5.02 Å². The third-order valence-electron chi connectivity index (χ3n) is 1.99. The minimum absolute atomic E-state index is 0.281. The van der Waals surface area contributed by atoms with Crippen molar-refractivity contribution in [1.82, 2.24) is 10.3 Å². The van der Waals surface area contributed by atoms with Gasteiger partial charge in [-0.3, -0.25) is 9.78 Å². The van der Waals surface area contributed by atoms with Gasteiger partial charge < -0.3 is 10.4 Å². The summed E-state index contributed by atoms with van der Waals surface area (Å²) < 4.78 is 0. The lowest BCUT2D eigenvalue weighted by atomic mass is 10.3. The number of halogens is 1. The zero-order valence-corrected chi connectivity index (χ0v) is 11.3. The zero-order valence-electron chi connectivity index (χ0n) is 9.72. The van der Waals surface area contributed by atoms with Gasteiger partial charge >= 0.3 is 5.97 Å². The molecule has 0 fully saturated rings. The molecule has 5 nitrogen and oxygen atoms in total. The minimum atomic E-state index is -1.04. The molecular weight excluding hydrogens is 276 g/mol. The smallest absolute Gasteiger partial charge is 0.327 e. The van der Waals surface area contributed by atoms with E-state index in [2.05, 4.69) is 10.3 Å². The summed E-state index contributed by atoms with van der Waals surface area (Å²) in [5.41, 5.74) is 0.777. The first-order chi connectivity index (χ1) is 8.49. The van der Waals surface area contributed by atoms with Gasteiger partial charge in [0.2, 0.25) is 5.91 Å². The quantitative estimate of drug-likeness (QED) is 0.830. The Hall–Kier alpha value is -1.27. The molecular formula is C11H13ClN2O3S. The molecule has 1 aromatic rings. The molecule has 0 bridgehead atoms. The van der Waals surface area contributed by atoms with Gasteiger partial charge in [-0.2, -0.15) is 11.8 Å². The number of carbonyl (C=O) groups excluding carboxylic acids is 1. The molecule has 18 heavy (non-hydrogen) atoms. The molecule has 0 saturated heterocycles. The molecule has 1 rings (SSSR count). The topological polar surface area (TPSA) is 79.3 Å². The zero-order chi connectivity index (χ0) is 13.5. The van der Waals surface area contributed by atoms with Gasteiger partial charge in [-0.1, -0.05) is 11.6 Å². The van der Waals surface area contributed by atoms with Crippen molar-refractivity contribution < 1.29 is 14.7 Å². The van der Waals surface area contributed by atoms with Crippen molar-refractivity contribution in [1.29, 1.82) is 0 Å². The lowest BCUT2D eigenvalue weighted by Gasteiger charge is -2.12. The second-order valence-electron chi connectivity index (χ2n) is 3.57. The van der Waals surface area contributed by atoms with E-state index in [4.69, 9.17) is 16.7 Å². The summed E-state index contributed by atoms with van der Waals surface area (Å²) in [4.78, 5) is 25.8. The Morgan fingerprint density at radius 2 is 2.33 bits per heavy atom. The maximum Gasteiger partial charge on any atom is 0.327 e. The Balaban J connectivity index is 2.43. The predicted molar refractivity (Wildman–Crippen MR) is 70.6 cm³/mol. The molecule has 1 aromatic heterocycles. The molecule has 0 saturated carbocycles. The van der Waals surface area contributed by atoms with Crippen LogP contribution >= 0.6 is 23.4 Å². The van der Waals surface area contributed by atoms with E-state index in [0.29, 0.717) is 10.8 Å². The highest BCUT2D eigenvalue weighted by Crippen LogP contribution is 2.15. The van der Waals surface area contributed by atoms with Gasteiger partial charge in [-0.05, 0) is 12.1 Å². The van der Waals surface area contributed by atoms with E-state index in [1.807, 2.05) is 0 Å². The largest absolute Gasteiger partial charge is 0.480 e. The second kappa shape index (κ2) is 7.23. The van der Waals surface area contributed by atoms with Gasteiger partial charge in [0.15, 0.2) is 0 Å². The van der Waals surface area contributed by atoms with Crippen LogP contribution in [0.4, 0.5) is 0 Å². The number of hydrogen-bond donors (Lipinski definition) is 2. The number of carbonyl (C=O) groups is 2. The van der Waals surface area contributed by atoms with E-state index in [9.17, 15) is 9.59 Å². The summed E-state index contributed by atoms with van der Waals surface area (Å²) >= 11 is 7.18. The molecule has 2 N–H and O–H groups in total. The van der Waals surface area contributed by atoms with E-state index in [-0.39, 0.29) is 11.7 Å². The molecule has 0 aliphatic carbocycles. The van der Waals surface area contributed by atoms with Crippen LogP contribution in [-0.2, 0) is 15.3 Å². The molecule has 0 radical (unpaired) electrons. The first-order valence-electron chi connectivity index (χ1n) is 5.17. The lowest BCUT2D eigenvalue weighted by molar-refractivity contribution is -0.140. The normalized spacial score (nSPS) is 11.9. The summed E-state index contributed by atoms with van der Waals surface area (Å²) in [5.74, 6) is -0.576. The van der Waals surface area contributed by atoms with Crippen LogP contribution in [0, 0.1) is 0 Å². The maximum atomic E-state index is 10.9. The van der Waals surface area contributed by atoms with Crippen molar-refractivity contribution >= 4 is 35.2 Å². The van der Waals surface area contributed by atoms with Crippen molar-refractivity contribution in [3.8, 4) is 0 Å². The SMILES string of the molecule is CC(=O)NC(CSCc1cc(Cl)ccn1)C(=O)O. The summed E-state index contributed by atoms with van der Waals surface area (Å²) in [6, 6.07) is 2.52. The Labute approximate surface area is 114 Å². The highest BCUT2D eigenvalue weighted by Gasteiger charge is 2.17. The predicted octanol–water partition coefficient (Wildman–Crippen LogP) is 1.56. The molecule has 1 heterocycles. The summed E-state index contributed by atoms with van der Waals surface area (Å²) in [7, 11) is 0. The number of aromatic nitrogens is 1. The number of pyridine rings is 1. The van der Waals surface area contributed by atoms with Crippen LogP contribution in [0.25, 0.3) is 0 Å². The van der Waals surface area contributed by atoms with Gasteiger partial charge in [-0.15, -0.1) is 0 Å². The molecule has 1 amide bonds. The standard InChI is InChI=1S/C11H13ClN2O3S/c1-7(15)14-10(11(16)17)6-18-5-9-4-8(12)2-3-13-9/h2-4,10H,5-6H2,1H3,(H,14,15)(H,16,17). The number of amides is 1. The van der Waals surface area contributed by atoms with E-state index < -0.39 is 12.0 Å². The van der Waals surface area contributed by atoms with E-state index in [1.165, 1.54) is 18.7 Å². The Bertz CT molecular complexity index is 442. The van der Waals surface area contributed by atoms with Crippen molar-refractivity contribution in [2.75, 3.05) is 5.75 Å². The molecule has 98 valence electrons. The van der Waals surface area contributed by atoms with Crippen LogP contribution in [0.3, 0.4) is 0 Å². The Kier molecular flexibility index (Phi) is 5.94. The monoisotopic (exact) mass is 288 g/mol. The lowest BCUT2D eigenvalue weighted by Crippen LogP contribution is -2.41. The number of thioether (sulfide) groups is 1. The highest BCUT2D eigenvalue weighted by molar-refractivity contribution is 7.98. The van der Waals surface area contributed by atoms with Crippen LogP contribution in [-0.4, -0.2) is 33.8 Å². The molecule has 7 heteroatoms. The number of carboxylic acids is 1. The van der Waals surface area contributed by atoms with Crippen molar-refractivity contribution in [3.05, 3.63) is 29.0 Å². The van der Waals surface area contributed by atoms with Crippen LogP contribution in [0.1, 0.15) is 12.6 Å². The molecule has 0 aliphatic heterocycles. The maximum absolute atomic E-state index is 10.9. The van der Waals surface area contributed by atoms with E-state index >= 15 is 0 Å². The average molecular weight is 289 g/mol. The summed E-state index contributed by atoms with van der Waals surface area (Å²) in [5, 5.41) is 11.9. The van der Waals surface area contributed by atoms with Gasteiger partial charge in [0, 0.05) is 29.6 Å². The molecule has 1 unspecified atom stereocenters. The summed E-state index contributed by atoms with van der Waals surface area (Å²) in [6.45, 7) is 1.29. The third kappa shape index (κ3) is 5.37. The van der Waals surface area contributed by atoms with Crippen LogP contribution in [0.5, 0.6) is 0 Å². The van der Waals surface area contributed by atoms with Crippen molar-refractivity contribution in [2.45, 2.75) is 18.7 Å². The van der Waals surface area contributed by atoms with Crippen molar-refractivity contribution in [2.24, 2.45) is 0 Å². The minimum Gasteiger partial charge on any atom is -0.480 e. The molecule has 0 aliphatic rings. The summed E-state index contributed by atoms with van der Waals surface area (Å²) in [6.07, 6.45) is 1.60. The fourth-order valence-electron chi connectivity index (χ4n) is 1.23. The average Bonchev–Trinajstić information content (AvgIpc) is 2.27. The van der Waals surface area contributed by atoms with Gasteiger partial charge in [-0.25, -0.2) is 4.79 Å². The van der Waals surface area contributed by atoms with Crippen molar-refractivity contribution in [3.63, 3.8) is 0 Å². The van der Waals surface area contributed by atoms with E-state index in [0.717, 1.165) is 5.69 Å². The second-order valence-corrected chi connectivity index (χ2v) is 5.04. The molecule has 1 atom stereocenters. The fourth-order valence-corrected chi connectivity index (χ4v) is 2.36. The number of rotatable bonds is 6. The number of nitrogens with one attached hydrogen (secondary N) is 1. The van der Waals surface area contributed by atoms with Gasteiger partial charge in [0.1, 0.15) is 6.04 Å². The Morgan fingerprint density at radius 1 is 1.61 bits per heavy atom. The number of hydrogen-bond acceptors (Lipinski definition) is 4. The number of nitrogens with zero attached hydrogens (tertiary/aromatic N) is 1.